The first kappa shape index (κ1) is 11.7. The molecule has 0 amide bonds. The van der Waals surface area contributed by atoms with E-state index in [1.165, 1.54) is 25.7 Å². The predicted molar refractivity (Wildman–Crippen MR) is 62.6 cm³/mol. The molecule has 0 saturated heterocycles. The van der Waals surface area contributed by atoms with Crippen molar-refractivity contribution in [3.8, 4) is 5.88 Å². The molecule has 0 atom stereocenters. The van der Waals surface area contributed by atoms with Crippen LogP contribution in [0.3, 0.4) is 0 Å². The van der Waals surface area contributed by atoms with Crippen molar-refractivity contribution >= 4 is 11.6 Å². The number of aromatic nitrogens is 1. The van der Waals surface area contributed by atoms with Crippen LogP contribution in [0.4, 0.5) is 0 Å². The van der Waals surface area contributed by atoms with E-state index in [-0.39, 0.29) is 6.61 Å². The van der Waals surface area contributed by atoms with Gasteiger partial charge in [0, 0.05) is 6.20 Å². The lowest BCUT2D eigenvalue weighted by Gasteiger charge is -2.11. The quantitative estimate of drug-likeness (QED) is 0.882. The summed E-state index contributed by atoms with van der Waals surface area (Å²) in [6, 6.07) is 1.69. The maximum absolute atomic E-state index is 8.92. The maximum atomic E-state index is 8.92. The van der Waals surface area contributed by atoms with Gasteiger partial charge in [0.1, 0.15) is 5.02 Å². The predicted octanol–water partition coefficient (Wildman–Crippen LogP) is 2.80. The molecule has 4 heteroatoms. The van der Waals surface area contributed by atoms with Crippen LogP contribution >= 0.6 is 11.6 Å². The van der Waals surface area contributed by atoms with E-state index in [1.54, 1.807) is 12.3 Å². The number of rotatable bonds is 4. The van der Waals surface area contributed by atoms with E-state index in [0.29, 0.717) is 29.0 Å². The molecule has 0 bridgehead atoms. The van der Waals surface area contributed by atoms with Gasteiger partial charge in [-0.3, -0.25) is 0 Å². The monoisotopic (exact) mass is 241 g/mol. The molecule has 3 nitrogen and oxygen atoms in total. The Balaban J connectivity index is 1.93. The van der Waals surface area contributed by atoms with Crippen LogP contribution in [-0.4, -0.2) is 16.7 Å². The first-order valence-corrected chi connectivity index (χ1v) is 6.05. The van der Waals surface area contributed by atoms with Crippen molar-refractivity contribution in [2.45, 2.75) is 32.3 Å². The Kier molecular flexibility index (Phi) is 4.02. The number of pyridine rings is 1. The van der Waals surface area contributed by atoms with Gasteiger partial charge < -0.3 is 9.84 Å². The van der Waals surface area contributed by atoms with E-state index in [0.717, 1.165) is 0 Å². The standard InChI is InChI=1S/C12H16ClNO2/c13-11-5-10(7-15)6-14-12(11)16-8-9-3-1-2-4-9/h5-6,9,15H,1-4,7-8H2. The molecule has 1 aliphatic carbocycles. The lowest BCUT2D eigenvalue weighted by Crippen LogP contribution is -2.09. The summed E-state index contributed by atoms with van der Waals surface area (Å²) in [5, 5.41) is 9.39. The van der Waals surface area contributed by atoms with Crippen molar-refractivity contribution in [2.24, 2.45) is 5.92 Å². The molecular weight excluding hydrogens is 226 g/mol. The Morgan fingerprint density at radius 3 is 2.81 bits per heavy atom. The first-order valence-electron chi connectivity index (χ1n) is 5.67. The zero-order chi connectivity index (χ0) is 11.4. The SMILES string of the molecule is OCc1cnc(OCC2CCCC2)c(Cl)c1. The molecular formula is C12H16ClNO2. The molecule has 2 rings (SSSR count). The number of ether oxygens (including phenoxy) is 1. The minimum absolute atomic E-state index is 0.0460. The molecule has 0 unspecified atom stereocenters. The van der Waals surface area contributed by atoms with Gasteiger partial charge in [0.2, 0.25) is 5.88 Å². The fourth-order valence-electron chi connectivity index (χ4n) is 2.03. The van der Waals surface area contributed by atoms with Crippen molar-refractivity contribution in [2.75, 3.05) is 6.61 Å². The Labute approximate surface area is 100 Å². The summed E-state index contributed by atoms with van der Waals surface area (Å²) in [7, 11) is 0. The summed E-state index contributed by atoms with van der Waals surface area (Å²) in [6.45, 7) is 0.654. The Morgan fingerprint density at radius 2 is 2.19 bits per heavy atom. The summed E-state index contributed by atoms with van der Waals surface area (Å²) >= 11 is 6.00. The van der Waals surface area contributed by atoms with Gasteiger partial charge in [-0.25, -0.2) is 4.98 Å². The zero-order valence-corrected chi connectivity index (χ0v) is 9.91. The van der Waals surface area contributed by atoms with Crippen molar-refractivity contribution in [3.63, 3.8) is 0 Å². The van der Waals surface area contributed by atoms with Crippen LogP contribution in [0.1, 0.15) is 31.2 Å². The van der Waals surface area contributed by atoms with E-state index in [9.17, 15) is 0 Å². The van der Waals surface area contributed by atoms with Gasteiger partial charge >= 0.3 is 0 Å². The largest absolute Gasteiger partial charge is 0.476 e. The molecule has 1 aliphatic rings. The van der Waals surface area contributed by atoms with Gasteiger partial charge in [-0.1, -0.05) is 24.4 Å². The number of hydrogen-bond acceptors (Lipinski definition) is 3. The second-order valence-corrected chi connectivity index (χ2v) is 4.66. The Morgan fingerprint density at radius 1 is 1.44 bits per heavy atom. The minimum atomic E-state index is -0.0460. The molecule has 1 aromatic heterocycles. The summed E-state index contributed by atoms with van der Waals surface area (Å²) in [4.78, 5) is 4.10. The van der Waals surface area contributed by atoms with Gasteiger partial charge in [0.25, 0.3) is 0 Å². The molecule has 1 heterocycles. The summed E-state index contributed by atoms with van der Waals surface area (Å²) < 4.78 is 5.60. The summed E-state index contributed by atoms with van der Waals surface area (Å²) in [5.41, 5.74) is 0.707. The highest BCUT2D eigenvalue weighted by Crippen LogP contribution is 2.27. The molecule has 16 heavy (non-hydrogen) atoms. The Bertz CT molecular complexity index is 351. The van der Waals surface area contributed by atoms with E-state index >= 15 is 0 Å². The number of halogens is 1. The lowest BCUT2D eigenvalue weighted by atomic mass is 10.1. The van der Waals surface area contributed by atoms with Gasteiger partial charge in [-0.2, -0.15) is 0 Å². The van der Waals surface area contributed by atoms with Crippen LogP contribution in [0.2, 0.25) is 5.02 Å². The van der Waals surface area contributed by atoms with E-state index in [4.69, 9.17) is 21.4 Å². The molecule has 1 N–H and O–H groups in total. The topological polar surface area (TPSA) is 42.4 Å². The average Bonchev–Trinajstić information content (AvgIpc) is 2.80. The molecule has 0 radical (unpaired) electrons. The highest BCUT2D eigenvalue weighted by Gasteiger charge is 2.16. The highest BCUT2D eigenvalue weighted by atomic mass is 35.5. The smallest absolute Gasteiger partial charge is 0.232 e. The Hall–Kier alpha value is -0.800. The second-order valence-electron chi connectivity index (χ2n) is 4.25. The number of hydrogen-bond donors (Lipinski definition) is 1. The van der Waals surface area contributed by atoms with E-state index in [2.05, 4.69) is 4.98 Å². The minimum Gasteiger partial charge on any atom is -0.476 e. The van der Waals surface area contributed by atoms with Crippen LogP contribution in [0.5, 0.6) is 5.88 Å². The summed E-state index contributed by atoms with van der Waals surface area (Å²) in [5.74, 6) is 1.13. The van der Waals surface area contributed by atoms with Crippen molar-refractivity contribution in [1.29, 1.82) is 0 Å². The summed E-state index contributed by atoms with van der Waals surface area (Å²) in [6.07, 6.45) is 6.69. The number of aliphatic hydroxyl groups excluding tert-OH is 1. The van der Waals surface area contributed by atoms with Crippen molar-refractivity contribution in [3.05, 3.63) is 22.8 Å². The molecule has 0 aromatic carbocycles. The van der Waals surface area contributed by atoms with Gasteiger partial charge in [0.05, 0.1) is 13.2 Å². The van der Waals surface area contributed by atoms with Crippen LogP contribution < -0.4 is 4.74 Å². The van der Waals surface area contributed by atoms with Crippen LogP contribution in [0, 0.1) is 5.92 Å². The highest BCUT2D eigenvalue weighted by molar-refractivity contribution is 6.31. The molecule has 0 aliphatic heterocycles. The maximum Gasteiger partial charge on any atom is 0.232 e. The average molecular weight is 242 g/mol. The molecule has 1 fully saturated rings. The third kappa shape index (κ3) is 2.86. The first-order chi connectivity index (χ1) is 7.79. The van der Waals surface area contributed by atoms with Crippen LogP contribution in [0.15, 0.2) is 12.3 Å². The van der Waals surface area contributed by atoms with Gasteiger partial charge in [-0.15, -0.1) is 0 Å². The lowest BCUT2D eigenvalue weighted by molar-refractivity contribution is 0.242. The number of aliphatic hydroxyl groups is 1. The van der Waals surface area contributed by atoms with Gasteiger partial charge in [-0.05, 0) is 30.4 Å². The third-order valence-corrected chi connectivity index (χ3v) is 3.25. The molecule has 1 saturated carbocycles. The fourth-order valence-corrected chi connectivity index (χ4v) is 2.27. The van der Waals surface area contributed by atoms with Crippen LogP contribution in [-0.2, 0) is 6.61 Å². The second kappa shape index (κ2) is 5.51. The molecule has 88 valence electrons. The fraction of sp³-hybridized carbons (Fsp3) is 0.583. The van der Waals surface area contributed by atoms with Gasteiger partial charge in [0.15, 0.2) is 0 Å². The van der Waals surface area contributed by atoms with E-state index in [1.807, 2.05) is 0 Å². The normalized spacial score (nSPS) is 16.6. The molecule has 0 spiro atoms. The van der Waals surface area contributed by atoms with Crippen molar-refractivity contribution in [1.82, 2.24) is 4.98 Å². The molecule has 1 aromatic rings. The van der Waals surface area contributed by atoms with Crippen LogP contribution in [0.25, 0.3) is 0 Å². The zero-order valence-electron chi connectivity index (χ0n) is 9.16. The van der Waals surface area contributed by atoms with Crippen molar-refractivity contribution < 1.29 is 9.84 Å². The third-order valence-electron chi connectivity index (χ3n) is 2.98. The van der Waals surface area contributed by atoms with E-state index < -0.39 is 0 Å². The number of nitrogens with zero attached hydrogens (tertiary/aromatic N) is 1.